The fraction of sp³-hybridized carbons (Fsp3) is 0.261. The minimum atomic E-state index is -0.586. The van der Waals surface area contributed by atoms with Crippen LogP contribution in [0.5, 0.6) is 5.75 Å². The average Bonchev–Trinajstić information content (AvgIpc) is 3.54. The second kappa shape index (κ2) is 7.58. The second-order valence-electron chi connectivity index (χ2n) is 7.99. The van der Waals surface area contributed by atoms with Crippen molar-refractivity contribution in [3.63, 3.8) is 0 Å². The molecule has 0 unspecified atom stereocenters. The van der Waals surface area contributed by atoms with Crippen LogP contribution >= 0.6 is 22.9 Å². The monoisotopic (exact) mass is 466 g/mol. The predicted octanol–water partition coefficient (Wildman–Crippen LogP) is 3.65. The number of nitrogens with zero attached hydrogens (tertiary/aromatic N) is 4. The van der Waals surface area contributed by atoms with Crippen LogP contribution in [0.2, 0.25) is 5.02 Å². The van der Waals surface area contributed by atoms with E-state index in [0.29, 0.717) is 30.3 Å². The summed E-state index contributed by atoms with van der Waals surface area (Å²) < 4.78 is 9.30. The largest absolute Gasteiger partial charge is 0.479 e. The maximum atomic E-state index is 13.3. The summed E-state index contributed by atoms with van der Waals surface area (Å²) >= 11 is 7.97. The highest BCUT2D eigenvalue weighted by molar-refractivity contribution is 7.19. The first-order valence-corrected chi connectivity index (χ1v) is 11.6. The highest BCUT2D eigenvalue weighted by Crippen LogP contribution is 2.44. The van der Waals surface area contributed by atoms with E-state index >= 15 is 0 Å². The molecule has 1 aromatic carbocycles. The summed E-state index contributed by atoms with van der Waals surface area (Å²) in [5.74, 6) is 1.55. The van der Waals surface area contributed by atoms with Crippen LogP contribution in [0.15, 0.2) is 42.9 Å². The van der Waals surface area contributed by atoms with Gasteiger partial charge in [0.15, 0.2) is 6.10 Å². The van der Waals surface area contributed by atoms with Gasteiger partial charge < -0.3 is 19.3 Å². The number of carbonyl (C=O) groups excluding carboxylic acids is 1. The van der Waals surface area contributed by atoms with Gasteiger partial charge >= 0.3 is 0 Å². The molecule has 1 N–H and O–H groups in total. The lowest BCUT2D eigenvalue weighted by atomic mass is 10.0. The third kappa shape index (κ3) is 3.18. The molecule has 5 heterocycles. The highest BCUT2D eigenvalue weighted by atomic mass is 35.5. The Morgan fingerprint density at radius 2 is 2.12 bits per heavy atom. The number of hydrogen-bond donors (Lipinski definition) is 1. The molecule has 0 bridgehead atoms. The van der Waals surface area contributed by atoms with Gasteiger partial charge in [-0.1, -0.05) is 11.6 Å². The number of ether oxygens (including phenoxy) is 1. The molecule has 2 aliphatic heterocycles. The van der Waals surface area contributed by atoms with Crippen molar-refractivity contribution < 1.29 is 14.6 Å². The Balaban J connectivity index is 1.34. The van der Waals surface area contributed by atoms with Crippen LogP contribution in [0.25, 0.3) is 21.3 Å². The van der Waals surface area contributed by atoms with Gasteiger partial charge in [0.1, 0.15) is 11.6 Å². The zero-order valence-corrected chi connectivity index (χ0v) is 18.6. The number of imidazole rings is 1. The van der Waals surface area contributed by atoms with E-state index in [1.54, 1.807) is 12.4 Å². The lowest BCUT2D eigenvalue weighted by Gasteiger charge is -2.29. The molecule has 1 atom stereocenters. The molecule has 1 amide bonds. The first kappa shape index (κ1) is 19.7. The number of rotatable bonds is 3. The zero-order chi connectivity index (χ0) is 21.8. The normalized spacial score (nSPS) is 17.3. The third-order valence-electron chi connectivity index (χ3n) is 6.04. The molecule has 6 rings (SSSR count). The summed E-state index contributed by atoms with van der Waals surface area (Å²) in [5.41, 5.74) is 3.52. The number of halogens is 1. The minimum Gasteiger partial charge on any atom is -0.479 e. The fourth-order valence-electron chi connectivity index (χ4n) is 4.51. The minimum absolute atomic E-state index is 0.0314. The van der Waals surface area contributed by atoms with Crippen LogP contribution in [0.1, 0.15) is 16.3 Å². The summed E-state index contributed by atoms with van der Waals surface area (Å²) in [6.07, 6.45) is 5.34. The number of aliphatic hydroxyl groups is 1. The van der Waals surface area contributed by atoms with Crippen LogP contribution in [0.3, 0.4) is 0 Å². The topological polar surface area (TPSA) is 80.5 Å². The lowest BCUT2D eigenvalue weighted by molar-refractivity contribution is -0.139. The third-order valence-corrected chi connectivity index (χ3v) is 7.40. The Bertz CT molecular complexity index is 1360. The van der Waals surface area contributed by atoms with Crippen LogP contribution < -0.4 is 4.74 Å². The molecule has 0 fully saturated rings. The van der Waals surface area contributed by atoms with E-state index in [0.717, 1.165) is 44.2 Å². The second-order valence-corrected chi connectivity index (χ2v) is 9.57. The van der Waals surface area contributed by atoms with Crippen LogP contribution in [-0.2, 0) is 30.9 Å². The van der Waals surface area contributed by atoms with Gasteiger partial charge in [-0.05, 0) is 24.3 Å². The number of carbonyl (C=O) groups is 1. The predicted molar refractivity (Wildman–Crippen MR) is 122 cm³/mol. The van der Waals surface area contributed by atoms with Crippen molar-refractivity contribution in [2.45, 2.75) is 32.2 Å². The first-order valence-electron chi connectivity index (χ1n) is 10.4. The number of amides is 1. The number of aromatic nitrogens is 3. The van der Waals surface area contributed by atoms with Gasteiger partial charge in [0.05, 0.1) is 23.4 Å². The molecule has 0 spiro atoms. The number of benzene rings is 1. The van der Waals surface area contributed by atoms with E-state index in [-0.39, 0.29) is 12.5 Å². The fourth-order valence-corrected chi connectivity index (χ4v) is 5.75. The SMILES string of the molecule is O=C([C@H]1Cc2cc(Cl)cc(-c3ccnc4cc(CO)sc34)c2O1)N1CCn2ccnc2C1. The maximum absolute atomic E-state index is 13.3. The summed E-state index contributed by atoms with van der Waals surface area (Å²) in [6.45, 7) is 1.82. The number of hydrogen-bond acceptors (Lipinski definition) is 6. The van der Waals surface area contributed by atoms with Gasteiger partial charge in [-0.25, -0.2) is 4.98 Å². The molecule has 0 saturated heterocycles. The van der Waals surface area contributed by atoms with Crippen molar-refractivity contribution in [1.82, 2.24) is 19.4 Å². The average molecular weight is 467 g/mol. The quantitative estimate of drug-likeness (QED) is 0.498. The van der Waals surface area contributed by atoms with E-state index in [2.05, 4.69) is 14.5 Å². The van der Waals surface area contributed by atoms with Gasteiger partial charge in [0.2, 0.25) is 0 Å². The van der Waals surface area contributed by atoms with E-state index in [4.69, 9.17) is 16.3 Å². The molecule has 32 heavy (non-hydrogen) atoms. The van der Waals surface area contributed by atoms with Crippen molar-refractivity contribution in [1.29, 1.82) is 0 Å². The molecule has 3 aromatic heterocycles. The Labute approximate surface area is 192 Å². The zero-order valence-electron chi connectivity index (χ0n) is 17.0. The van der Waals surface area contributed by atoms with E-state index < -0.39 is 6.10 Å². The van der Waals surface area contributed by atoms with Crippen molar-refractivity contribution in [2.24, 2.45) is 0 Å². The van der Waals surface area contributed by atoms with E-state index in [1.807, 2.05) is 35.4 Å². The molecule has 0 saturated carbocycles. The number of thiophene rings is 1. The number of aliphatic hydroxyl groups excluding tert-OH is 1. The molecule has 2 aliphatic rings. The molecule has 4 aromatic rings. The molecular weight excluding hydrogens is 448 g/mol. The Kier molecular flexibility index (Phi) is 4.67. The van der Waals surface area contributed by atoms with Gasteiger partial charge in [0.25, 0.3) is 5.91 Å². The van der Waals surface area contributed by atoms with Crippen LogP contribution in [0, 0.1) is 0 Å². The summed E-state index contributed by atoms with van der Waals surface area (Å²) in [4.78, 5) is 24.7. The Morgan fingerprint density at radius 3 is 3.00 bits per heavy atom. The number of fused-ring (bicyclic) bond motifs is 3. The van der Waals surface area contributed by atoms with Gasteiger partial charge in [-0.15, -0.1) is 11.3 Å². The standard InChI is InChI=1S/C23H19ClN4O3S/c24-14-7-13-8-19(23(30)28-6-5-27-4-3-26-20(27)11-28)31-21(13)17(9-14)16-1-2-25-18-10-15(12-29)32-22(16)18/h1-4,7,9-10,19,29H,5-6,8,11-12H2/t19-/m1/s1. The van der Waals surface area contributed by atoms with Crippen molar-refractivity contribution in [2.75, 3.05) is 6.54 Å². The first-order chi connectivity index (χ1) is 15.6. The van der Waals surface area contributed by atoms with Gasteiger partial charge in [-0.3, -0.25) is 9.78 Å². The molecule has 9 heteroatoms. The van der Waals surface area contributed by atoms with E-state index in [9.17, 15) is 9.90 Å². The molecule has 7 nitrogen and oxygen atoms in total. The van der Waals surface area contributed by atoms with Gasteiger partial charge in [0, 0.05) is 64.7 Å². The summed E-state index contributed by atoms with van der Waals surface area (Å²) in [7, 11) is 0. The van der Waals surface area contributed by atoms with Crippen molar-refractivity contribution in [3.05, 3.63) is 64.1 Å². The molecule has 0 aliphatic carbocycles. The lowest BCUT2D eigenvalue weighted by Crippen LogP contribution is -2.45. The number of pyridine rings is 1. The van der Waals surface area contributed by atoms with Crippen LogP contribution in [0.4, 0.5) is 0 Å². The van der Waals surface area contributed by atoms with Gasteiger partial charge in [-0.2, -0.15) is 0 Å². The summed E-state index contributed by atoms with van der Waals surface area (Å²) in [5, 5.41) is 10.2. The smallest absolute Gasteiger partial charge is 0.264 e. The van der Waals surface area contributed by atoms with Crippen LogP contribution in [-0.4, -0.2) is 43.1 Å². The molecule has 0 radical (unpaired) electrons. The molecular formula is C23H19ClN4O3S. The highest BCUT2D eigenvalue weighted by Gasteiger charge is 2.36. The van der Waals surface area contributed by atoms with E-state index in [1.165, 1.54) is 11.3 Å². The Morgan fingerprint density at radius 1 is 1.22 bits per heavy atom. The van der Waals surface area contributed by atoms with Crippen molar-refractivity contribution >= 4 is 39.1 Å². The summed E-state index contributed by atoms with van der Waals surface area (Å²) in [6, 6.07) is 7.57. The molecule has 162 valence electrons. The van der Waals surface area contributed by atoms with Crippen molar-refractivity contribution in [3.8, 4) is 16.9 Å². The maximum Gasteiger partial charge on any atom is 0.264 e. The Hall–Kier alpha value is -2.94.